The topological polar surface area (TPSA) is 67.8 Å². The third kappa shape index (κ3) is 3.50. The van der Waals surface area contributed by atoms with Crippen LogP contribution in [0.4, 0.5) is 18.0 Å². The smallest absolute Gasteiger partial charge is 0.508 e. The molecule has 1 fully saturated rings. The summed E-state index contributed by atoms with van der Waals surface area (Å²) in [4.78, 5) is 11.3. The minimum absolute atomic E-state index is 0.0767. The molecule has 21 heavy (non-hydrogen) atoms. The minimum Gasteiger partial charge on any atom is -0.508 e. The lowest BCUT2D eigenvalue weighted by molar-refractivity contribution is -0.274. The first kappa shape index (κ1) is 15.3. The molecule has 1 aliphatic heterocycles. The fourth-order valence-corrected chi connectivity index (χ4v) is 2.15. The number of carbonyl (C=O) groups is 1. The summed E-state index contributed by atoms with van der Waals surface area (Å²) in [6.45, 7) is 3.59. The Morgan fingerprint density at radius 3 is 2.71 bits per heavy atom. The first-order valence-corrected chi connectivity index (χ1v) is 6.10. The van der Waals surface area contributed by atoms with Crippen LogP contribution in [0, 0.1) is 5.41 Å². The molecule has 1 aromatic carbocycles. The molecule has 1 aromatic rings. The van der Waals surface area contributed by atoms with Crippen molar-refractivity contribution in [2.75, 3.05) is 6.61 Å². The highest BCUT2D eigenvalue weighted by Gasteiger charge is 2.40. The van der Waals surface area contributed by atoms with Crippen LogP contribution in [0.5, 0.6) is 11.5 Å². The van der Waals surface area contributed by atoms with Gasteiger partial charge in [0, 0.05) is 11.0 Å². The van der Waals surface area contributed by atoms with Gasteiger partial charge in [0.1, 0.15) is 18.1 Å². The Hall–Kier alpha value is -2.12. The summed E-state index contributed by atoms with van der Waals surface area (Å²) >= 11 is 0. The van der Waals surface area contributed by atoms with Gasteiger partial charge in [-0.25, -0.2) is 4.79 Å². The lowest BCUT2D eigenvalue weighted by atomic mass is 9.80. The second-order valence-electron chi connectivity index (χ2n) is 5.41. The van der Waals surface area contributed by atoms with Crippen molar-refractivity contribution in [1.82, 2.24) is 5.32 Å². The molecular formula is C13H14F3NO4. The van der Waals surface area contributed by atoms with Gasteiger partial charge in [0.2, 0.25) is 0 Å². The molecule has 0 unspecified atom stereocenters. The number of cyclic esters (lactones) is 1. The number of hydrogen-bond acceptors (Lipinski definition) is 4. The SMILES string of the molecule is CC1(C)COC(=O)N[C@H]1c1cc(OC(F)(F)F)ccc1O. The molecule has 8 heteroatoms. The highest BCUT2D eigenvalue weighted by atomic mass is 19.4. The van der Waals surface area contributed by atoms with Crippen LogP contribution in [0.1, 0.15) is 25.5 Å². The van der Waals surface area contributed by atoms with Crippen molar-refractivity contribution < 1.29 is 32.5 Å². The van der Waals surface area contributed by atoms with Gasteiger partial charge in [-0.2, -0.15) is 0 Å². The van der Waals surface area contributed by atoms with Gasteiger partial charge >= 0.3 is 12.5 Å². The molecule has 1 aliphatic rings. The number of benzene rings is 1. The summed E-state index contributed by atoms with van der Waals surface area (Å²) in [5, 5.41) is 12.4. The first-order chi connectivity index (χ1) is 9.58. The molecule has 0 aromatic heterocycles. The summed E-state index contributed by atoms with van der Waals surface area (Å²) in [6, 6.07) is 2.45. The van der Waals surface area contributed by atoms with Crippen molar-refractivity contribution in [2.45, 2.75) is 26.3 Å². The molecule has 116 valence electrons. The van der Waals surface area contributed by atoms with Gasteiger partial charge in [0.25, 0.3) is 0 Å². The van der Waals surface area contributed by atoms with Gasteiger partial charge < -0.3 is 19.9 Å². The van der Waals surface area contributed by atoms with E-state index >= 15 is 0 Å². The van der Waals surface area contributed by atoms with E-state index in [1.807, 2.05) is 0 Å². The fourth-order valence-electron chi connectivity index (χ4n) is 2.15. The number of carbonyl (C=O) groups excluding carboxylic acids is 1. The normalized spacial score (nSPS) is 21.4. The van der Waals surface area contributed by atoms with Crippen LogP contribution in [0.2, 0.25) is 0 Å². The van der Waals surface area contributed by atoms with Crippen LogP contribution in [0.25, 0.3) is 0 Å². The van der Waals surface area contributed by atoms with Gasteiger partial charge in [-0.15, -0.1) is 13.2 Å². The van der Waals surface area contributed by atoms with Crippen molar-refractivity contribution in [1.29, 1.82) is 0 Å². The molecule has 1 heterocycles. The lowest BCUT2D eigenvalue weighted by Gasteiger charge is -2.38. The molecule has 0 radical (unpaired) electrons. The van der Waals surface area contributed by atoms with E-state index in [9.17, 15) is 23.1 Å². The highest BCUT2D eigenvalue weighted by molar-refractivity contribution is 5.69. The van der Waals surface area contributed by atoms with E-state index in [0.29, 0.717) is 0 Å². The van der Waals surface area contributed by atoms with Crippen molar-refractivity contribution >= 4 is 6.09 Å². The third-order valence-electron chi connectivity index (χ3n) is 3.16. The van der Waals surface area contributed by atoms with Gasteiger partial charge in [-0.3, -0.25) is 0 Å². The van der Waals surface area contributed by atoms with Gasteiger partial charge in [-0.1, -0.05) is 13.8 Å². The monoisotopic (exact) mass is 305 g/mol. The van der Waals surface area contributed by atoms with Crippen LogP contribution in [0.15, 0.2) is 18.2 Å². The minimum atomic E-state index is -4.83. The quantitative estimate of drug-likeness (QED) is 0.881. The van der Waals surface area contributed by atoms with E-state index < -0.39 is 29.7 Å². The predicted molar refractivity (Wildman–Crippen MR) is 65.8 cm³/mol. The van der Waals surface area contributed by atoms with E-state index in [4.69, 9.17) is 4.74 Å². The third-order valence-corrected chi connectivity index (χ3v) is 3.16. The second kappa shape index (κ2) is 5.01. The van der Waals surface area contributed by atoms with Crippen molar-refractivity contribution in [3.05, 3.63) is 23.8 Å². The standard InChI is InChI=1S/C13H14F3NO4/c1-12(2)6-20-11(19)17-10(12)8-5-7(3-4-9(8)18)21-13(14,15)16/h3-5,10,18H,6H2,1-2H3,(H,17,19)/t10-/m0/s1. The van der Waals surface area contributed by atoms with Crippen LogP contribution in [-0.2, 0) is 4.74 Å². The Bertz CT molecular complexity index is 557. The Balaban J connectivity index is 2.37. The van der Waals surface area contributed by atoms with Crippen LogP contribution in [0.3, 0.4) is 0 Å². The summed E-state index contributed by atoms with van der Waals surface area (Å²) in [5.74, 6) is -0.698. The maximum absolute atomic E-state index is 12.3. The van der Waals surface area contributed by atoms with E-state index in [-0.39, 0.29) is 17.9 Å². The zero-order valence-corrected chi connectivity index (χ0v) is 11.3. The van der Waals surface area contributed by atoms with E-state index in [1.54, 1.807) is 13.8 Å². The zero-order valence-electron chi connectivity index (χ0n) is 11.3. The molecule has 2 N–H and O–H groups in total. The van der Waals surface area contributed by atoms with Crippen molar-refractivity contribution in [2.24, 2.45) is 5.41 Å². The maximum atomic E-state index is 12.3. The summed E-state index contributed by atoms with van der Waals surface area (Å²) in [5.41, 5.74) is -0.471. The number of alkyl carbamates (subject to hydrolysis) is 1. The van der Waals surface area contributed by atoms with E-state index in [1.165, 1.54) is 0 Å². The molecule has 1 saturated heterocycles. The molecule has 0 spiro atoms. The molecule has 1 amide bonds. The van der Waals surface area contributed by atoms with Crippen LogP contribution < -0.4 is 10.1 Å². The Labute approximate surface area is 118 Å². The molecule has 0 saturated carbocycles. The van der Waals surface area contributed by atoms with Crippen LogP contribution >= 0.6 is 0 Å². The largest absolute Gasteiger partial charge is 0.573 e. The van der Waals surface area contributed by atoms with E-state index in [2.05, 4.69) is 10.1 Å². The number of aromatic hydroxyl groups is 1. The number of amides is 1. The number of alkyl halides is 3. The number of halogens is 3. The van der Waals surface area contributed by atoms with Gasteiger partial charge in [0.15, 0.2) is 0 Å². The number of rotatable bonds is 2. The van der Waals surface area contributed by atoms with Gasteiger partial charge in [-0.05, 0) is 18.2 Å². The van der Waals surface area contributed by atoms with Crippen molar-refractivity contribution in [3.63, 3.8) is 0 Å². The molecule has 1 atom stereocenters. The molecule has 2 rings (SSSR count). The molecule has 0 bridgehead atoms. The summed E-state index contributed by atoms with van der Waals surface area (Å²) < 4.78 is 45.4. The molecule has 5 nitrogen and oxygen atoms in total. The first-order valence-electron chi connectivity index (χ1n) is 6.10. The number of hydrogen-bond donors (Lipinski definition) is 2. The molecule has 0 aliphatic carbocycles. The Morgan fingerprint density at radius 1 is 1.43 bits per heavy atom. The second-order valence-corrected chi connectivity index (χ2v) is 5.41. The summed E-state index contributed by atoms with van der Waals surface area (Å²) in [6.07, 6.45) is -5.52. The van der Waals surface area contributed by atoms with Crippen molar-refractivity contribution in [3.8, 4) is 11.5 Å². The van der Waals surface area contributed by atoms with E-state index in [0.717, 1.165) is 18.2 Å². The Kier molecular flexibility index (Phi) is 3.65. The van der Waals surface area contributed by atoms with Crippen LogP contribution in [-0.4, -0.2) is 24.2 Å². The van der Waals surface area contributed by atoms with Gasteiger partial charge in [0.05, 0.1) is 6.04 Å². The number of ether oxygens (including phenoxy) is 2. The lowest BCUT2D eigenvalue weighted by Crippen LogP contribution is -2.46. The zero-order chi connectivity index (χ0) is 15.8. The number of phenolic OH excluding ortho intramolecular Hbond substituents is 1. The summed E-state index contributed by atoms with van der Waals surface area (Å²) in [7, 11) is 0. The highest BCUT2D eigenvalue weighted by Crippen LogP contribution is 2.41. The Morgan fingerprint density at radius 2 is 2.10 bits per heavy atom. The average Bonchev–Trinajstić information content (AvgIpc) is 2.33. The average molecular weight is 305 g/mol. The number of nitrogens with one attached hydrogen (secondary N) is 1. The molecular weight excluding hydrogens is 291 g/mol. The fraction of sp³-hybridized carbons (Fsp3) is 0.462. The maximum Gasteiger partial charge on any atom is 0.573 e. The number of phenols is 1. The predicted octanol–water partition coefficient (Wildman–Crippen LogP) is 3.10.